The molecule has 7 nitrogen and oxygen atoms in total. The molecule has 48 heavy (non-hydrogen) atoms. The maximum atomic E-state index is 15.1. The first-order valence-corrected chi connectivity index (χ1v) is 17.4. The van der Waals surface area contributed by atoms with E-state index in [1.165, 1.54) is 6.07 Å². The van der Waals surface area contributed by atoms with Gasteiger partial charge in [0, 0.05) is 10.0 Å². The van der Waals surface area contributed by atoms with Gasteiger partial charge in [-0.2, -0.15) is 0 Å². The average molecular weight is 711 g/mol. The number of benzene rings is 4. The zero-order valence-corrected chi connectivity index (χ0v) is 29.5. The summed E-state index contributed by atoms with van der Waals surface area (Å²) in [6, 6.07) is 36.2. The summed E-state index contributed by atoms with van der Waals surface area (Å²) in [6.45, 7) is 8.52. The monoisotopic (exact) mass is 709 g/mol. The van der Waals surface area contributed by atoms with Crippen LogP contribution in [0.2, 0.25) is 6.32 Å². The van der Waals surface area contributed by atoms with Crippen LogP contribution in [0.4, 0.5) is 4.39 Å². The second kappa shape index (κ2) is 14.4. The van der Waals surface area contributed by atoms with Gasteiger partial charge in [0.05, 0.1) is 29.3 Å². The smallest absolute Gasteiger partial charge is 0.403 e. The predicted molar refractivity (Wildman–Crippen MR) is 191 cm³/mol. The lowest BCUT2D eigenvalue weighted by atomic mass is 9.76. The molecule has 1 unspecified atom stereocenters. The van der Waals surface area contributed by atoms with E-state index in [0.29, 0.717) is 15.9 Å². The third kappa shape index (κ3) is 7.17. The molecule has 1 aliphatic rings. The summed E-state index contributed by atoms with van der Waals surface area (Å²) in [5.41, 5.74) is 2.28. The van der Waals surface area contributed by atoms with Crippen molar-refractivity contribution in [2.24, 2.45) is 0 Å². The van der Waals surface area contributed by atoms with E-state index in [1.807, 2.05) is 24.3 Å². The van der Waals surface area contributed by atoms with Crippen molar-refractivity contribution in [3.8, 4) is 0 Å². The van der Waals surface area contributed by atoms with Crippen LogP contribution >= 0.6 is 15.9 Å². The minimum absolute atomic E-state index is 0.197. The Bertz CT molecular complexity index is 1680. The Morgan fingerprint density at radius 1 is 0.812 bits per heavy atom. The Morgan fingerprint density at radius 3 is 1.88 bits per heavy atom. The number of aromatic nitrogens is 4. The summed E-state index contributed by atoms with van der Waals surface area (Å²) in [4.78, 5) is 0. The first-order valence-electron chi connectivity index (χ1n) is 16.6. The molecular formula is C38H42BBrFN5O2. The molecule has 1 atom stereocenters. The fourth-order valence-electron chi connectivity index (χ4n) is 6.47. The first kappa shape index (κ1) is 34.2. The van der Waals surface area contributed by atoms with Crippen molar-refractivity contribution in [3.05, 3.63) is 148 Å². The number of unbranched alkanes of at least 4 members (excludes halogenated alkanes) is 1. The van der Waals surface area contributed by atoms with Gasteiger partial charge >= 0.3 is 7.12 Å². The van der Waals surface area contributed by atoms with Crippen molar-refractivity contribution in [1.82, 2.24) is 25.5 Å². The highest BCUT2D eigenvalue weighted by Crippen LogP contribution is 2.41. The summed E-state index contributed by atoms with van der Waals surface area (Å²) < 4.78 is 30.0. The first-order chi connectivity index (χ1) is 23.1. The molecule has 1 aromatic heterocycles. The number of nitrogens with one attached hydrogen (secondary N) is 1. The summed E-state index contributed by atoms with van der Waals surface area (Å²) in [5.74, 6) is 0.324. The lowest BCUT2D eigenvalue weighted by Gasteiger charge is -2.40. The van der Waals surface area contributed by atoms with Gasteiger partial charge in [0.25, 0.3) is 0 Å². The molecule has 0 saturated carbocycles. The average Bonchev–Trinajstić information content (AvgIpc) is 3.63. The third-order valence-electron chi connectivity index (χ3n) is 9.70. The van der Waals surface area contributed by atoms with Gasteiger partial charge in [-0.25, -0.2) is 9.07 Å². The summed E-state index contributed by atoms with van der Waals surface area (Å²) in [7, 11) is -0.260. The van der Waals surface area contributed by atoms with E-state index >= 15 is 4.39 Å². The molecule has 0 aliphatic carbocycles. The molecule has 248 valence electrons. The van der Waals surface area contributed by atoms with Gasteiger partial charge < -0.3 is 9.31 Å². The topological polar surface area (TPSA) is 74.1 Å². The van der Waals surface area contributed by atoms with Gasteiger partial charge in [0.1, 0.15) is 5.82 Å². The van der Waals surface area contributed by atoms with Crippen molar-refractivity contribution in [1.29, 1.82) is 0 Å². The van der Waals surface area contributed by atoms with Crippen molar-refractivity contribution in [3.63, 3.8) is 0 Å². The zero-order valence-electron chi connectivity index (χ0n) is 27.9. The van der Waals surface area contributed by atoms with Crippen LogP contribution < -0.4 is 5.32 Å². The van der Waals surface area contributed by atoms with Gasteiger partial charge in [-0.15, -0.1) is 5.10 Å². The SMILES string of the molecule is CC1(C)OB(CCCCC(NC(c2ccccc2)(c2ccccc2)c2ccccc2)c2nnnn2Cc2ccc(Br)cc2F)OC1(C)C. The summed E-state index contributed by atoms with van der Waals surface area (Å²) in [6.07, 6.45) is 3.23. The van der Waals surface area contributed by atoms with Crippen molar-refractivity contribution in [2.45, 2.75) is 82.6 Å². The van der Waals surface area contributed by atoms with Crippen LogP contribution in [-0.4, -0.2) is 38.5 Å². The lowest BCUT2D eigenvalue weighted by molar-refractivity contribution is 0.00578. The Kier molecular flexibility index (Phi) is 10.3. The van der Waals surface area contributed by atoms with Gasteiger partial charge in [0.15, 0.2) is 5.82 Å². The molecule has 1 N–H and O–H groups in total. The van der Waals surface area contributed by atoms with Crippen LogP contribution in [0.15, 0.2) is 114 Å². The third-order valence-corrected chi connectivity index (χ3v) is 10.2. The lowest BCUT2D eigenvalue weighted by Crippen LogP contribution is -2.47. The molecule has 4 aromatic carbocycles. The molecule has 0 bridgehead atoms. The van der Waals surface area contributed by atoms with Crippen LogP contribution in [0.5, 0.6) is 0 Å². The van der Waals surface area contributed by atoms with Crippen LogP contribution in [0, 0.1) is 5.82 Å². The number of nitrogens with zero attached hydrogens (tertiary/aromatic N) is 4. The highest BCUT2D eigenvalue weighted by atomic mass is 79.9. The number of hydrogen-bond acceptors (Lipinski definition) is 6. The van der Waals surface area contributed by atoms with Crippen LogP contribution in [0.3, 0.4) is 0 Å². The summed E-state index contributed by atoms with van der Waals surface area (Å²) >= 11 is 3.37. The van der Waals surface area contributed by atoms with Crippen molar-refractivity contribution < 1.29 is 13.7 Å². The van der Waals surface area contributed by atoms with E-state index in [4.69, 9.17) is 9.31 Å². The van der Waals surface area contributed by atoms with Crippen molar-refractivity contribution >= 4 is 23.0 Å². The molecule has 2 heterocycles. The van der Waals surface area contributed by atoms with E-state index in [9.17, 15) is 0 Å². The molecule has 1 saturated heterocycles. The molecule has 10 heteroatoms. The van der Waals surface area contributed by atoms with Gasteiger partial charge in [0.2, 0.25) is 0 Å². The standard InChI is InChI=1S/C38H42BBrFN5O2/c1-36(2)37(3,4)48-39(47-36)25-15-14-22-34(35-43-44-45-46(35)27-28-23-24-32(40)26-33(28)41)42-38(29-16-8-5-9-17-29,30-18-10-6-11-19-30)31-20-12-7-13-21-31/h5-13,16-21,23-24,26,34,42H,14-15,22,25,27H2,1-4H3. The van der Waals surface area contributed by atoms with Crippen LogP contribution in [-0.2, 0) is 21.4 Å². The predicted octanol–water partition coefficient (Wildman–Crippen LogP) is 8.51. The second-order valence-corrected chi connectivity index (χ2v) is 14.4. The fraction of sp³-hybridized carbons (Fsp3) is 0.342. The van der Waals surface area contributed by atoms with E-state index in [0.717, 1.165) is 42.3 Å². The maximum absolute atomic E-state index is 15.1. The Morgan fingerprint density at radius 2 is 1.35 bits per heavy atom. The highest BCUT2D eigenvalue weighted by Gasteiger charge is 2.50. The molecule has 1 aliphatic heterocycles. The molecule has 6 rings (SSSR count). The van der Waals surface area contributed by atoms with Crippen LogP contribution in [0.1, 0.15) is 81.1 Å². The Hall–Kier alpha value is -3.70. The van der Waals surface area contributed by atoms with Crippen LogP contribution in [0.25, 0.3) is 0 Å². The fourth-order valence-corrected chi connectivity index (χ4v) is 6.80. The van der Waals surface area contributed by atoms with E-state index in [-0.39, 0.29) is 36.7 Å². The molecule has 1 fully saturated rings. The molecule has 0 spiro atoms. The molecule has 5 aromatic rings. The van der Waals surface area contributed by atoms with Crippen molar-refractivity contribution in [2.75, 3.05) is 0 Å². The number of hydrogen-bond donors (Lipinski definition) is 1. The number of halogens is 2. The van der Waals surface area contributed by atoms with E-state index in [2.05, 4.69) is 137 Å². The molecular weight excluding hydrogens is 668 g/mol. The quantitative estimate of drug-likeness (QED) is 0.0751. The maximum Gasteiger partial charge on any atom is 0.457 e. The molecule has 0 radical (unpaired) electrons. The van der Waals surface area contributed by atoms with Gasteiger partial charge in [-0.1, -0.05) is 126 Å². The van der Waals surface area contributed by atoms with E-state index < -0.39 is 5.54 Å². The van der Waals surface area contributed by atoms with E-state index in [1.54, 1.807) is 10.7 Å². The number of tetrazole rings is 1. The second-order valence-electron chi connectivity index (χ2n) is 13.4. The Balaban J connectivity index is 1.38. The molecule has 0 amide bonds. The minimum Gasteiger partial charge on any atom is -0.403 e. The number of rotatable bonds is 13. The summed E-state index contributed by atoms with van der Waals surface area (Å²) in [5, 5.41) is 17.1. The largest absolute Gasteiger partial charge is 0.457 e. The highest BCUT2D eigenvalue weighted by molar-refractivity contribution is 9.10. The van der Waals surface area contributed by atoms with Gasteiger partial charge in [-0.3, -0.25) is 5.32 Å². The zero-order chi connectivity index (χ0) is 33.8. The van der Waals surface area contributed by atoms with Gasteiger partial charge in [-0.05, 0) is 79.7 Å². The normalized spacial score (nSPS) is 16.2. The Labute approximate surface area is 291 Å². The minimum atomic E-state index is -0.750.